The first-order chi connectivity index (χ1) is 17.3. The first-order valence-corrected chi connectivity index (χ1v) is 11.6. The average Bonchev–Trinajstić information content (AvgIpc) is 3.28. The van der Waals surface area contributed by atoms with Gasteiger partial charge >= 0.3 is 12.2 Å². The van der Waals surface area contributed by atoms with Crippen molar-refractivity contribution in [2.75, 3.05) is 49.1 Å². The van der Waals surface area contributed by atoms with Crippen LogP contribution in [0.15, 0.2) is 49.2 Å². The minimum atomic E-state index is -0.686. The van der Waals surface area contributed by atoms with Crippen LogP contribution < -0.4 is 15.5 Å². The Kier molecular flexibility index (Phi) is 7.37. The van der Waals surface area contributed by atoms with Crippen molar-refractivity contribution in [2.24, 2.45) is 11.7 Å². The van der Waals surface area contributed by atoms with Gasteiger partial charge in [-0.2, -0.15) is 0 Å². The van der Waals surface area contributed by atoms with E-state index in [1.54, 1.807) is 36.2 Å². The van der Waals surface area contributed by atoms with Crippen LogP contribution in [0.25, 0.3) is 11.1 Å². The number of halogens is 1. The number of hydrogen-bond acceptors (Lipinski definition) is 7. The number of piperazine rings is 1. The first kappa shape index (κ1) is 25.0. The topological polar surface area (TPSA) is 118 Å². The number of primary amides is 1. The fraction of sp³-hybridized carbons (Fsp3) is 0.360. The number of nitrogens with zero attached hydrogens (tertiary/aromatic N) is 4. The molecule has 0 spiro atoms. The lowest BCUT2D eigenvalue weighted by Gasteiger charge is -2.34. The van der Waals surface area contributed by atoms with Gasteiger partial charge in [-0.25, -0.2) is 19.0 Å². The van der Waals surface area contributed by atoms with Gasteiger partial charge in [0.15, 0.2) is 0 Å². The number of ether oxygens (including phenoxy) is 2. The molecule has 11 heteroatoms. The van der Waals surface area contributed by atoms with E-state index in [0.717, 1.165) is 5.82 Å². The van der Waals surface area contributed by atoms with Crippen LogP contribution >= 0.6 is 0 Å². The van der Waals surface area contributed by atoms with Crippen LogP contribution in [-0.4, -0.2) is 73.4 Å². The van der Waals surface area contributed by atoms with E-state index in [2.05, 4.69) is 11.6 Å². The summed E-state index contributed by atoms with van der Waals surface area (Å²) < 4.78 is 25.3. The van der Waals surface area contributed by atoms with Gasteiger partial charge < -0.3 is 25.0 Å². The van der Waals surface area contributed by atoms with E-state index in [4.69, 9.17) is 15.2 Å². The molecule has 2 aromatic rings. The van der Waals surface area contributed by atoms with Gasteiger partial charge in [-0.1, -0.05) is 12.7 Å². The number of pyridine rings is 1. The van der Waals surface area contributed by atoms with E-state index >= 15 is 4.39 Å². The summed E-state index contributed by atoms with van der Waals surface area (Å²) in [7, 11) is 0. The largest absolute Gasteiger partial charge is 0.445 e. The molecule has 10 nitrogen and oxygen atoms in total. The number of aromatic nitrogens is 1. The highest BCUT2D eigenvalue weighted by Crippen LogP contribution is 2.30. The maximum absolute atomic E-state index is 15.0. The van der Waals surface area contributed by atoms with E-state index in [1.165, 1.54) is 17.0 Å². The summed E-state index contributed by atoms with van der Waals surface area (Å²) in [4.78, 5) is 45.1. The Hall–Kier alpha value is -4.15. The molecular weight excluding hydrogens is 469 g/mol. The van der Waals surface area contributed by atoms with Gasteiger partial charge in [-0.3, -0.25) is 9.69 Å². The minimum Gasteiger partial charge on any atom is -0.445 e. The zero-order valence-corrected chi connectivity index (χ0v) is 19.9. The summed E-state index contributed by atoms with van der Waals surface area (Å²) in [6, 6.07) is 8.04. The first-order valence-electron chi connectivity index (χ1n) is 11.6. The summed E-state index contributed by atoms with van der Waals surface area (Å²) >= 11 is 0. The number of cyclic esters (lactones) is 1. The molecule has 190 valence electrons. The molecular formula is C25H28FN5O5. The zero-order valence-electron chi connectivity index (χ0n) is 19.9. The molecule has 1 aromatic heterocycles. The molecule has 1 aromatic carbocycles. The molecule has 2 unspecified atom stereocenters. The highest BCUT2D eigenvalue weighted by atomic mass is 19.1. The molecule has 2 aliphatic heterocycles. The highest BCUT2D eigenvalue weighted by Gasteiger charge is 2.38. The third kappa shape index (κ3) is 5.24. The molecule has 2 atom stereocenters. The number of benzene rings is 1. The van der Waals surface area contributed by atoms with Crippen molar-refractivity contribution in [2.45, 2.75) is 13.0 Å². The average molecular weight is 498 g/mol. The van der Waals surface area contributed by atoms with Crippen LogP contribution in [-0.2, 0) is 14.3 Å². The van der Waals surface area contributed by atoms with Gasteiger partial charge in [0.1, 0.15) is 24.3 Å². The number of anilines is 2. The number of carbonyl (C=O) groups is 3. The SMILES string of the molecule is C=CCOC(=O)N1CCN(c2ccc(-c3ccc(N4CC(C(C)C(N)=O)OC4=O)cc3F)cn2)CC1. The minimum absolute atomic E-state index is 0.108. The molecule has 0 bridgehead atoms. The van der Waals surface area contributed by atoms with Gasteiger partial charge in [0.25, 0.3) is 0 Å². The Morgan fingerprint density at radius 1 is 1.28 bits per heavy atom. The molecule has 2 fully saturated rings. The van der Waals surface area contributed by atoms with Crippen molar-refractivity contribution in [1.82, 2.24) is 9.88 Å². The van der Waals surface area contributed by atoms with E-state index in [9.17, 15) is 14.4 Å². The summed E-state index contributed by atoms with van der Waals surface area (Å²) in [6.07, 6.45) is 1.41. The molecule has 0 aliphatic carbocycles. The highest BCUT2D eigenvalue weighted by molar-refractivity contribution is 5.91. The van der Waals surface area contributed by atoms with Crippen molar-refractivity contribution < 1.29 is 28.2 Å². The monoisotopic (exact) mass is 497 g/mol. The molecule has 0 saturated carbocycles. The van der Waals surface area contributed by atoms with Crippen molar-refractivity contribution >= 4 is 29.6 Å². The van der Waals surface area contributed by atoms with Gasteiger partial charge in [0.2, 0.25) is 5.91 Å². The molecule has 2 N–H and O–H groups in total. The van der Waals surface area contributed by atoms with E-state index < -0.39 is 29.8 Å². The van der Waals surface area contributed by atoms with Crippen LogP contribution in [0.5, 0.6) is 0 Å². The quantitative estimate of drug-likeness (QED) is 0.585. The van der Waals surface area contributed by atoms with Crippen molar-refractivity contribution in [3.63, 3.8) is 0 Å². The Labute approximate surface area is 208 Å². The van der Waals surface area contributed by atoms with Crippen LogP contribution in [0.1, 0.15) is 6.92 Å². The predicted octanol–water partition coefficient (Wildman–Crippen LogP) is 2.78. The molecule has 4 rings (SSSR count). The second-order valence-corrected chi connectivity index (χ2v) is 8.63. The second-order valence-electron chi connectivity index (χ2n) is 8.63. The molecule has 3 amide bonds. The zero-order chi connectivity index (χ0) is 25.8. The lowest BCUT2D eigenvalue weighted by molar-refractivity contribution is -0.123. The van der Waals surface area contributed by atoms with Crippen LogP contribution in [0, 0.1) is 11.7 Å². The van der Waals surface area contributed by atoms with Gasteiger partial charge in [-0.15, -0.1) is 0 Å². The van der Waals surface area contributed by atoms with Gasteiger partial charge in [0, 0.05) is 43.5 Å². The van der Waals surface area contributed by atoms with Crippen LogP contribution in [0.4, 0.5) is 25.5 Å². The van der Waals surface area contributed by atoms with Gasteiger partial charge in [0.05, 0.1) is 18.2 Å². The van der Waals surface area contributed by atoms with Crippen molar-refractivity contribution in [3.8, 4) is 11.1 Å². The number of hydrogen-bond donors (Lipinski definition) is 1. The molecule has 2 aliphatic rings. The Bertz CT molecular complexity index is 1150. The number of amides is 3. The molecule has 2 saturated heterocycles. The van der Waals surface area contributed by atoms with Crippen LogP contribution in [0.2, 0.25) is 0 Å². The van der Waals surface area contributed by atoms with E-state index in [-0.39, 0.29) is 19.2 Å². The maximum atomic E-state index is 15.0. The summed E-state index contributed by atoms with van der Waals surface area (Å²) in [5.41, 5.74) is 6.55. The second kappa shape index (κ2) is 10.6. The summed E-state index contributed by atoms with van der Waals surface area (Å²) in [6.45, 7) is 7.61. The fourth-order valence-electron chi connectivity index (χ4n) is 4.12. The summed E-state index contributed by atoms with van der Waals surface area (Å²) in [5.74, 6) is -1.01. The predicted molar refractivity (Wildman–Crippen MR) is 131 cm³/mol. The fourth-order valence-corrected chi connectivity index (χ4v) is 4.12. The number of carbonyl (C=O) groups excluding carboxylic acids is 3. The Morgan fingerprint density at radius 3 is 2.64 bits per heavy atom. The summed E-state index contributed by atoms with van der Waals surface area (Å²) in [5, 5.41) is 0. The molecule has 36 heavy (non-hydrogen) atoms. The van der Waals surface area contributed by atoms with Crippen molar-refractivity contribution in [3.05, 3.63) is 55.0 Å². The number of nitrogens with two attached hydrogens (primary N) is 1. The molecule has 3 heterocycles. The molecule has 0 radical (unpaired) electrons. The third-order valence-electron chi connectivity index (χ3n) is 6.35. The lowest BCUT2D eigenvalue weighted by atomic mass is 10.0. The Balaban J connectivity index is 1.40. The standard InChI is InChI=1S/C25H28FN5O5/c1-3-12-35-24(33)30-10-8-29(9-11-30)22-7-4-17(14-28-22)19-6-5-18(13-20(19)26)31-15-21(36-25(31)34)16(2)23(27)32/h3-7,13-14,16,21H,1,8-12,15H2,2H3,(H2,27,32). The normalized spacial score (nSPS) is 18.6. The van der Waals surface area contributed by atoms with E-state index in [1.807, 2.05) is 11.0 Å². The number of rotatable bonds is 7. The Morgan fingerprint density at radius 2 is 2.03 bits per heavy atom. The lowest BCUT2D eigenvalue weighted by Crippen LogP contribution is -2.49. The smallest absolute Gasteiger partial charge is 0.414 e. The third-order valence-corrected chi connectivity index (χ3v) is 6.35. The van der Waals surface area contributed by atoms with Crippen LogP contribution in [0.3, 0.4) is 0 Å². The van der Waals surface area contributed by atoms with E-state index in [0.29, 0.717) is 43.0 Å². The maximum Gasteiger partial charge on any atom is 0.414 e. The van der Waals surface area contributed by atoms with Gasteiger partial charge in [-0.05, 0) is 37.3 Å². The van der Waals surface area contributed by atoms with Crippen molar-refractivity contribution in [1.29, 1.82) is 0 Å².